The Morgan fingerprint density at radius 3 is 3.00 bits per heavy atom. The molecule has 5 nitrogen and oxygen atoms in total. The van der Waals surface area contributed by atoms with E-state index in [1.54, 1.807) is 7.11 Å². The van der Waals surface area contributed by atoms with Gasteiger partial charge < -0.3 is 20.2 Å². The van der Waals surface area contributed by atoms with E-state index in [-0.39, 0.29) is 5.84 Å². The van der Waals surface area contributed by atoms with Gasteiger partial charge in [-0.15, -0.1) is 0 Å². The third-order valence-electron chi connectivity index (χ3n) is 2.92. The largest absolute Gasteiger partial charge is 0.409 e. The van der Waals surface area contributed by atoms with Gasteiger partial charge in [-0.25, -0.2) is 0 Å². The summed E-state index contributed by atoms with van der Waals surface area (Å²) in [4.78, 5) is 0. The van der Waals surface area contributed by atoms with Crippen LogP contribution in [0.15, 0.2) is 35.6 Å². The Morgan fingerprint density at radius 2 is 2.28 bits per heavy atom. The Balaban J connectivity index is 2.26. The lowest BCUT2D eigenvalue weighted by Crippen LogP contribution is -2.12. The van der Waals surface area contributed by atoms with E-state index in [1.807, 2.05) is 30.5 Å². The topological polar surface area (TPSA) is 72.8 Å². The van der Waals surface area contributed by atoms with Gasteiger partial charge in [-0.05, 0) is 30.7 Å². The summed E-state index contributed by atoms with van der Waals surface area (Å²) < 4.78 is 7.21. The number of hydrogen-bond donors (Lipinski definition) is 2. The van der Waals surface area contributed by atoms with Crippen LogP contribution in [0.25, 0.3) is 10.9 Å². The smallest absolute Gasteiger partial charge is 0.170 e. The maximum atomic E-state index is 8.65. The number of aromatic nitrogens is 1. The highest BCUT2D eigenvalue weighted by atomic mass is 16.5. The van der Waals surface area contributed by atoms with Gasteiger partial charge in [0.1, 0.15) is 0 Å². The molecule has 0 radical (unpaired) electrons. The molecule has 0 aliphatic heterocycles. The van der Waals surface area contributed by atoms with E-state index >= 15 is 0 Å². The molecule has 0 amide bonds. The zero-order valence-corrected chi connectivity index (χ0v) is 10.3. The summed E-state index contributed by atoms with van der Waals surface area (Å²) >= 11 is 0. The highest BCUT2D eigenvalue weighted by molar-refractivity contribution is 6.00. The monoisotopic (exact) mass is 247 g/mol. The van der Waals surface area contributed by atoms with Gasteiger partial charge in [0, 0.05) is 42.9 Å². The van der Waals surface area contributed by atoms with Gasteiger partial charge in [-0.3, -0.25) is 0 Å². The summed E-state index contributed by atoms with van der Waals surface area (Å²) in [6, 6.07) is 7.77. The third kappa shape index (κ3) is 2.46. The van der Waals surface area contributed by atoms with E-state index in [0.29, 0.717) is 0 Å². The van der Waals surface area contributed by atoms with Crippen LogP contribution in [-0.4, -0.2) is 29.3 Å². The van der Waals surface area contributed by atoms with Crippen LogP contribution >= 0.6 is 0 Å². The van der Waals surface area contributed by atoms with E-state index < -0.39 is 0 Å². The minimum absolute atomic E-state index is 0.129. The SMILES string of the molecule is COCCCn1ccc2cc(/C(N)=N/O)ccc21. The van der Waals surface area contributed by atoms with E-state index in [4.69, 9.17) is 15.7 Å². The third-order valence-corrected chi connectivity index (χ3v) is 2.92. The van der Waals surface area contributed by atoms with E-state index in [0.717, 1.165) is 36.0 Å². The Labute approximate surface area is 105 Å². The standard InChI is InChI=1S/C13H17N3O2/c1-18-8-2-6-16-7-5-10-9-11(13(14)15-17)3-4-12(10)16/h3-5,7,9,17H,2,6,8H2,1H3,(H2,14,15). The van der Waals surface area contributed by atoms with Crippen molar-refractivity contribution in [2.45, 2.75) is 13.0 Å². The summed E-state index contributed by atoms with van der Waals surface area (Å²) in [7, 11) is 1.71. The fourth-order valence-corrected chi connectivity index (χ4v) is 1.99. The molecule has 0 spiro atoms. The molecule has 2 rings (SSSR count). The van der Waals surface area contributed by atoms with Crippen molar-refractivity contribution in [3.05, 3.63) is 36.0 Å². The molecule has 1 aromatic carbocycles. The van der Waals surface area contributed by atoms with Crippen molar-refractivity contribution in [2.75, 3.05) is 13.7 Å². The lowest BCUT2D eigenvalue weighted by Gasteiger charge is -2.05. The van der Waals surface area contributed by atoms with Crippen molar-refractivity contribution in [1.29, 1.82) is 0 Å². The molecule has 0 atom stereocenters. The zero-order valence-electron chi connectivity index (χ0n) is 10.3. The Hall–Kier alpha value is -2.01. The first-order valence-electron chi connectivity index (χ1n) is 5.82. The number of methoxy groups -OCH3 is 1. The Bertz CT molecular complexity index is 560. The maximum absolute atomic E-state index is 8.65. The molecule has 1 aromatic heterocycles. The summed E-state index contributed by atoms with van der Waals surface area (Å²) in [5.41, 5.74) is 7.43. The molecule has 2 aromatic rings. The predicted molar refractivity (Wildman–Crippen MR) is 70.9 cm³/mol. The number of rotatable bonds is 5. The normalized spacial score (nSPS) is 12.2. The molecule has 5 heteroatoms. The molecule has 96 valence electrons. The molecule has 0 bridgehead atoms. The average molecular weight is 247 g/mol. The van der Waals surface area contributed by atoms with Crippen LogP contribution in [0.2, 0.25) is 0 Å². The summed E-state index contributed by atoms with van der Waals surface area (Å²) in [5, 5.41) is 12.7. The summed E-state index contributed by atoms with van der Waals surface area (Å²) in [5.74, 6) is 0.129. The van der Waals surface area contributed by atoms with Crippen molar-refractivity contribution in [2.24, 2.45) is 10.9 Å². The molecular formula is C13H17N3O2. The van der Waals surface area contributed by atoms with Crippen molar-refractivity contribution in [1.82, 2.24) is 4.57 Å². The van der Waals surface area contributed by atoms with E-state index in [1.165, 1.54) is 0 Å². The number of nitrogens with zero attached hydrogens (tertiary/aromatic N) is 2. The predicted octanol–water partition coefficient (Wildman–Crippen LogP) is 1.77. The molecule has 0 fully saturated rings. The summed E-state index contributed by atoms with van der Waals surface area (Å²) in [6.07, 6.45) is 3.01. The number of hydrogen-bond acceptors (Lipinski definition) is 3. The van der Waals surface area contributed by atoms with E-state index in [9.17, 15) is 0 Å². The molecule has 0 aliphatic carbocycles. The number of amidine groups is 1. The van der Waals surface area contributed by atoms with Crippen LogP contribution in [-0.2, 0) is 11.3 Å². The second-order valence-corrected chi connectivity index (χ2v) is 4.11. The molecule has 18 heavy (non-hydrogen) atoms. The van der Waals surface area contributed by atoms with Crippen LogP contribution in [0.5, 0.6) is 0 Å². The molecule has 0 saturated heterocycles. The number of aryl methyl sites for hydroxylation is 1. The lowest BCUT2D eigenvalue weighted by molar-refractivity contribution is 0.190. The van der Waals surface area contributed by atoms with Crippen molar-refractivity contribution in [3.63, 3.8) is 0 Å². The van der Waals surface area contributed by atoms with Gasteiger partial charge in [0.15, 0.2) is 5.84 Å². The second-order valence-electron chi connectivity index (χ2n) is 4.11. The Morgan fingerprint density at radius 1 is 1.44 bits per heavy atom. The first-order valence-corrected chi connectivity index (χ1v) is 5.82. The molecule has 0 aliphatic rings. The van der Waals surface area contributed by atoms with Gasteiger partial charge in [0.05, 0.1) is 0 Å². The maximum Gasteiger partial charge on any atom is 0.170 e. The first kappa shape index (κ1) is 12.4. The molecule has 0 unspecified atom stereocenters. The van der Waals surface area contributed by atoms with Crippen LogP contribution in [0.3, 0.4) is 0 Å². The van der Waals surface area contributed by atoms with Gasteiger partial charge in [-0.2, -0.15) is 0 Å². The first-order chi connectivity index (χ1) is 8.76. The minimum Gasteiger partial charge on any atom is -0.409 e. The second kappa shape index (κ2) is 5.55. The highest BCUT2D eigenvalue weighted by Gasteiger charge is 2.04. The fourth-order valence-electron chi connectivity index (χ4n) is 1.99. The molecular weight excluding hydrogens is 230 g/mol. The van der Waals surface area contributed by atoms with Gasteiger partial charge in [0.2, 0.25) is 0 Å². The number of benzene rings is 1. The molecule has 3 N–H and O–H groups in total. The van der Waals surface area contributed by atoms with Gasteiger partial charge in [-0.1, -0.05) is 5.16 Å². The number of oxime groups is 1. The van der Waals surface area contributed by atoms with Crippen molar-refractivity contribution < 1.29 is 9.94 Å². The fraction of sp³-hybridized carbons (Fsp3) is 0.308. The molecule has 1 heterocycles. The van der Waals surface area contributed by atoms with Gasteiger partial charge in [0.25, 0.3) is 0 Å². The average Bonchev–Trinajstić information content (AvgIpc) is 2.80. The van der Waals surface area contributed by atoms with E-state index in [2.05, 4.69) is 9.72 Å². The van der Waals surface area contributed by atoms with Crippen LogP contribution in [0, 0.1) is 0 Å². The van der Waals surface area contributed by atoms with Crippen LogP contribution in [0.1, 0.15) is 12.0 Å². The molecule has 0 saturated carbocycles. The van der Waals surface area contributed by atoms with Crippen molar-refractivity contribution in [3.8, 4) is 0 Å². The van der Waals surface area contributed by atoms with Gasteiger partial charge >= 0.3 is 0 Å². The number of fused-ring (bicyclic) bond motifs is 1. The highest BCUT2D eigenvalue weighted by Crippen LogP contribution is 2.18. The minimum atomic E-state index is 0.129. The van der Waals surface area contributed by atoms with Crippen molar-refractivity contribution >= 4 is 16.7 Å². The van der Waals surface area contributed by atoms with Crippen LogP contribution < -0.4 is 5.73 Å². The zero-order chi connectivity index (χ0) is 13.0. The lowest BCUT2D eigenvalue weighted by atomic mass is 10.1. The van der Waals surface area contributed by atoms with Crippen LogP contribution in [0.4, 0.5) is 0 Å². The number of nitrogens with two attached hydrogens (primary N) is 1. The number of ether oxygens (including phenoxy) is 1. The quantitative estimate of drug-likeness (QED) is 0.278. The Kier molecular flexibility index (Phi) is 3.84. The summed E-state index contributed by atoms with van der Waals surface area (Å²) in [6.45, 7) is 1.67.